The van der Waals surface area contributed by atoms with E-state index in [1.807, 2.05) is 0 Å². The lowest BCUT2D eigenvalue weighted by atomic mass is 9.91. The number of benzene rings is 1. The molecule has 3 aromatic rings. The van der Waals surface area contributed by atoms with Gasteiger partial charge in [0, 0.05) is 11.1 Å². The summed E-state index contributed by atoms with van der Waals surface area (Å²) in [5.74, 6) is -1.84. The average molecular weight is 504 g/mol. The normalized spacial score (nSPS) is 13.0. The van der Waals surface area contributed by atoms with Gasteiger partial charge < -0.3 is 5.73 Å². The van der Waals surface area contributed by atoms with Crippen LogP contribution in [0.3, 0.4) is 0 Å². The highest BCUT2D eigenvalue weighted by molar-refractivity contribution is 7.92. The Morgan fingerprint density at radius 3 is 2.19 bits per heavy atom. The number of nitrogens with two attached hydrogens (primary N) is 1. The molecule has 0 saturated heterocycles. The molecule has 0 radical (unpaired) electrons. The number of pyridine rings is 1. The molecule has 2 N–H and O–H groups in total. The molecule has 2 heterocycles. The van der Waals surface area contributed by atoms with Crippen molar-refractivity contribution in [2.75, 3.05) is 10.6 Å². The van der Waals surface area contributed by atoms with Crippen LogP contribution in [0.4, 0.5) is 18.9 Å². The molecule has 1 unspecified atom stereocenters. The number of carbonyl (C=O) groups excluding carboxylic acids is 1. The summed E-state index contributed by atoms with van der Waals surface area (Å²) in [5, 5.41) is 0. The second-order valence-electron chi connectivity index (χ2n) is 6.88. The van der Waals surface area contributed by atoms with Crippen LogP contribution in [0.25, 0.3) is 0 Å². The van der Waals surface area contributed by atoms with Gasteiger partial charge in [0.2, 0.25) is 15.9 Å². The molecular formula is C20H17ClF3N3O3S2. The van der Waals surface area contributed by atoms with Gasteiger partial charge in [-0.25, -0.2) is 8.42 Å². The van der Waals surface area contributed by atoms with Crippen LogP contribution in [0.1, 0.15) is 27.6 Å². The number of hydrogen-bond acceptors (Lipinski definition) is 5. The molecule has 3 rings (SSSR count). The molecule has 12 heteroatoms. The van der Waals surface area contributed by atoms with Gasteiger partial charge in [0.25, 0.3) is 0 Å². The number of primary amides is 1. The Morgan fingerprint density at radius 1 is 1.12 bits per heavy atom. The molecule has 0 fully saturated rings. The molecule has 0 spiro atoms. The van der Waals surface area contributed by atoms with Crippen LogP contribution in [-0.2, 0) is 27.5 Å². The summed E-state index contributed by atoms with van der Waals surface area (Å²) in [4.78, 5) is 16.2. The molecular weight excluding hydrogens is 487 g/mol. The van der Waals surface area contributed by atoms with Crippen molar-refractivity contribution < 1.29 is 26.4 Å². The van der Waals surface area contributed by atoms with Crippen LogP contribution in [0.5, 0.6) is 0 Å². The van der Waals surface area contributed by atoms with E-state index in [1.54, 1.807) is 12.1 Å². The smallest absolute Gasteiger partial charge is 0.369 e. The summed E-state index contributed by atoms with van der Waals surface area (Å²) in [6.07, 6.45) is -2.59. The van der Waals surface area contributed by atoms with Gasteiger partial charge in [-0.1, -0.05) is 29.8 Å². The Kier molecular flexibility index (Phi) is 6.82. The highest BCUT2D eigenvalue weighted by Gasteiger charge is 2.33. The van der Waals surface area contributed by atoms with Gasteiger partial charge in [-0.3, -0.25) is 14.1 Å². The van der Waals surface area contributed by atoms with Crippen molar-refractivity contribution in [1.82, 2.24) is 4.98 Å². The first-order valence-corrected chi connectivity index (χ1v) is 12.0. The van der Waals surface area contributed by atoms with Gasteiger partial charge in [-0.15, -0.1) is 11.3 Å². The van der Waals surface area contributed by atoms with Crippen LogP contribution in [0.2, 0.25) is 4.34 Å². The molecule has 2 aromatic heterocycles. The Balaban J connectivity index is 1.92. The van der Waals surface area contributed by atoms with E-state index >= 15 is 0 Å². The van der Waals surface area contributed by atoms with E-state index in [1.165, 1.54) is 39.9 Å². The lowest BCUT2D eigenvalue weighted by Gasteiger charge is -2.23. The Hall–Kier alpha value is -2.63. The van der Waals surface area contributed by atoms with Crippen molar-refractivity contribution in [2.45, 2.75) is 18.6 Å². The van der Waals surface area contributed by atoms with Crippen LogP contribution < -0.4 is 10.0 Å². The zero-order valence-electron chi connectivity index (χ0n) is 16.5. The molecule has 170 valence electrons. The van der Waals surface area contributed by atoms with Crippen molar-refractivity contribution in [3.05, 3.63) is 80.8 Å². The zero-order valence-corrected chi connectivity index (χ0v) is 18.9. The van der Waals surface area contributed by atoms with Gasteiger partial charge >= 0.3 is 6.18 Å². The number of nitrogens with zero attached hydrogens (tertiary/aromatic N) is 2. The van der Waals surface area contributed by atoms with Crippen LogP contribution in [0, 0.1) is 0 Å². The van der Waals surface area contributed by atoms with E-state index in [9.17, 15) is 26.4 Å². The third-order valence-electron chi connectivity index (χ3n) is 4.54. The molecule has 1 amide bonds. The molecule has 1 aromatic carbocycles. The minimum Gasteiger partial charge on any atom is -0.369 e. The molecule has 0 saturated carbocycles. The summed E-state index contributed by atoms with van der Waals surface area (Å²) in [6, 6.07) is 11.3. The van der Waals surface area contributed by atoms with Crippen LogP contribution in [0.15, 0.2) is 54.7 Å². The molecule has 32 heavy (non-hydrogen) atoms. The van der Waals surface area contributed by atoms with Gasteiger partial charge in [0.05, 0.1) is 28.7 Å². The first kappa shape index (κ1) is 24.0. The number of hydrogen-bond donors (Lipinski definition) is 1. The highest BCUT2D eigenvalue weighted by Crippen LogP contribution is 2.32. The summed E-state index contributed by atoms with van der Waals surface area (Å²) in [6.45, 7) is 0.0671. The number of halogens is 4. The van der Waals surface area contributed by atoms with E-state index in [4.69, 9.17) is 17.3 Å². The van der Waals surface area contributed by atoms with Crippen molar-refractivity contribution >= 4 is 44.6 Å². The maximum absolute atomic E-state index is 12.8. The minimum atomic E-state index is -4.61. The van der Waals surface area contributed by atoms with Gasteiger partial charge in [0.1, 0.15) is 5.69 Å². The molecule has 1 atom stereocenters. The maximum atomic E-state index is 12.8. The standard InChI is InChI=1S/C20H17ClF3N3O3S2/c1-32(29,30)27(11-15-7-9-17(21)31-15)14-5-2-12(3-6-14)18(19(25)28)13-4-8-16(26-10-13)20(22,23)24/h2-10,18H,11H2,1H3,(H2,25,28). The number of anilines is 1. The van der Waals surface area contributed by atoms with Crippen molar-refractivity contribution in [1.29, 1.82) is 0 Å². The predicted molar refractivity (Wildman–Crippen MR) is 117 cm³/mol. The summed E-state index contributed by atoms with van der Waals surface area (Å²) in [5.41, 5.74) is 5.32. The fraction of sp³-hybridized carbons (Fsp3) is 0.200. The fourth-order valence-electron chi connectivity index (χ4n) is 3.08. The van der Waals surface area contributed by atoms with Crippen LogP contribution in [-0.4, -0.2) is 25.6 Å². The quantitative estimate of drug-likeness (QED) is 0.517. The molecule has 0 aliphatic carbocycles. The Morgan fingerprint density at radius 2 is 1.75 bits per heavy atom. The largest absolute Gasteiger partial charge is 0.433 e. The number of carbonyl (C=O) groups is 1. The van der Waals surface area contributed by atoms with E-state index in [0.717, 1.165) is 29.5 Å². The van der Waals surface area contributed by atoms with E-state index in [-0.39, 0.29) is 12.1 Å². The first-order chi connectivity index (χ1) is 14.9. The average Bonchev–Trinajstić information content (AvgIpc) is 3.11. The third kappa shape index (κ3) is 5.59. The second-order valence-corrected chi connectivity index (χ2v) is 10.6. The Labute approximate surface area is 191 Å². The molecule has 0 bridgehead atoms. The minimum absolute atomic E-state index is 0.0671. The first-order valence-electron chi connectivity index (χ1n) is 9.00. The lowest BCUT2D eigenvalue weighted by molar-refractivity contribution is -0.141. The number of amides is 1. The van der Waals surface area contributed by atoms with Crippen molar-refractivity contribution in [3.63, 3.8) is 0 Å². The molecule has 0 aliphatic rings. The number of thiophene rings is 1. The van der Waals surface area contributed by atoms with E-state index in [0.29, 0.717) is 15.6 Å². The number of rotatable bonds is 7. The maximum Gasteiger partial charge on any atom is 0.433 e. The molecule has 0 aliphatic heterocycles. The SMILES string of the molecule is CS(=O)(=O)N(Cc1ccc(Cl)s1)c1ccc(C(C(N)=O)c2ccc(C(F)(F)F)nc2)cc1. The summed E-state index contributed by atoms with van der Waals surface area (Å²) < 4.78 is 64.6. The van der Waals surface area contributed by atoms with Crippen LogP contribution >= 0.6 is 22.9 Å². The predicted octanol–water partition coefficient (Wildman–Crippen LogP) is 4.40. The summed E-state index contributed by atoms with van der Waals surface area (Å²) in [7, 11) is -3.64. The molecule has 6 nitrogen and oxygen atoms in total. The summed E-state index contributed by atoms with van der Waals surface area (Å²) >= 11 is 7.17. The van der Waals surface area contributed by atoms with E-state index in [2.05, 4.69) is 4.98 Å². The second kappa shape index (κ2) is 9.08. The van der Waals surface area contributed by atoms with Crippen molar-refractivity contribution in [3.8, 4) is 0 Å². The fourth-order valence-corrected chi connectivity index (χ4v) is 5.11. The third-order valence-corrected chi connectivity index (χ3v) is 6.89. The zero-order chi connectivity index (χ0) is 23.7. The number of aromatic nitrogens is 1. The number of alkyl halides is 3. The topological polar surface area (TPSA) is 93.4 Å². The lowest BCUT2D eigenvalue weighted by Crippen LogP contribution is -2.29. The van der Waals surface area contributed by atoms with Gasteiger partial charge in [-0.2, -0.15) is 13.2 Å². The van der Waals surface area contributed by atoms with Gasteiger partial charge in [0.15, 0.2) is 0 Å². The van der Waals surface area contributed by atoms with Gasteiger partial charge in [-0.05, 0) is 41.5 Å². The monoisotopic (exact) mass is 503 g/mol. The van der Waals surface area contributed by atoms with Crippen molar-refractivity contribution in [2.24, 2.45) is 5.73 Å². The van der Waals surface area contributed by atoms with E-state index < -0.39 is 33.7 Å². The number of sulfonamides is 1. The Bertz CT molecular complexity index is 1210. The highest BCUT2D eigenvalue weighted by atomic mass is 35.5.